The molecule has 0 aliphatic heterocycles. The van der Waals surface area contributed by atoms with Crippen molar-refractivity contribution in [1.82, 2.24) is 0 Å². The maximum absolute atomic E-state index is 11.9. The molecule has 0 bridgehead atoms. The van der Waals surface area contributed by atoms with Crippen LogP contribution in [0.25, 0.3) is 0 Å². The molecule has 0 aromatic rings. The van der Waals surface area contributed by atoms with Crippen molar-refractivity contribution in [3.8, 4) is 0 Å². The van der Waals surface area contributed by atoms with Gasteiger partial charge in [-0.2, -0.15) is 0 Å². The largest absolute Gasteiger partial charge is 0.299 e. The summed E-state index contributed by atoms with van der Waals surface area (Å²) in [4.78, 5) is 23.8. The Morgan fingerprint density at radius 3 is 1.62 bits per heavy atom. The lowest BCUT2D eigenvalue weighted by atomic mass is 9.86. The maximum Gasteiger partial charge on any atom is 0.136 e. The first-order chi connectivity index (χ1) is 7.75. The van der Waals surface area contributed by atoms with Gasteiger partial charge in [-0.05, 0) is 49.4 Å². The van der Waals surface area contributed by atoms with Gasteiger partial charge in [0, 0.05) is 24.7 Å². The number of Topliss-reactive ketones (excluding diaryl/α,β-unsaturated/α-hetero) is 2. The first-order valence-corrected chi connectivity index (χ1v) is 6.81. The Kier molecular flexibility index (Phi) is 1.74. The molecule has 2 nitrogen and oxygen atoms in total. The summed E-state index contributed by atoms with van der Waals surface area (Å²) in [5.41, 5.74) is 0. The van der Waals surface area contributed by atoms with Crippen molar-refractivity contribution in [2.24, 2.45) is 35.5 Å². The van der Waals surface area contributed by atoms with E-state index in [1.165, 1.54) is 12.8 Å². The minimum atomic E-state index is 0.364. The predicted octanol–water partition coefficient (Wildman–Crippen LogP) is 2.22. The van der Waals surface area contributed by atoms with Crippen LogP contribution < -0.4 is 0 Å². The molecule has 0 aromatic heterocycles. The fourth-order valence-corrected chi connectivity index (χ4v) is 5.45. The number of ketones is 2. The smallest absolute Gasteiger partial charge is 0.136 e. The van der Waals surface area contributed by atoms with E-state index in [1.807, 2.05) is 0 Å². The summed E-state index contributed by atoms with van der Waals surface area (Å²) in [6.45, 7) is 0. The summed E-state index contributed by atoms with van der Waals surface area (Å²) in [6, 6.07) is 0. The van der Waals surface area contributed by atoms with E-state index >= 15 is 0 Å². The lowest BCUT2D eigenvalue weighted by Gasteiger charge is -2.17. The fraction of sp³-hybridized carbons (Fsp3) is 0.857. The summed E-state index contributed by atoms with van der Waals surface area (Å²) in [6.07, 6.45) is 6.25. The third kappa shape index (κ3) is 0.988. The van der Waals surface area contributed by atoms with Gasteiger partial charge >= 0.3 is 0 Å². The first kappa shape index (κ1) is 9.38. The predicted molar refractivity (Wildman–Crippen MR) is 58.7 cm³/mol. The molecule has 4 fully saturated rings. The Morgan fingerprint density at radius 2 is 1.19 bits per heavy atom. The van der Waals surface area contributed by atoms with E-state index in [0.29, 0.717) is 47.1 Å². The van der Waals surface area contributed by atoms with E-state index in [9.17, 15) is 9.59 Å². The third-order valence-corrected chi connectivity index (χ3v) is 5.90. The van der Waals surface area contributed by atoms with Gasteiger partial charge in [-0.15, -0.1) is 0 Å². The molecule has 0 heterocycles. The number of carbonyl (C=O) groups is 2. The van der Waals surface area contributed by atoms with Gasteiger partial charge in [0.15, 0.2) is 0 Å². The van der Waals surface area contributed by atoms with Crippen molar-refractivity contribution in [2.75, 3.05) is 0 Å². The molecule has 0 amide bonds. The summed E-state index contributed by atoms with van der Waals surface area (Å²) in [5.74, 6) is 4.26. The van der Waals surface area contributed by atoms with Gasteiger partial charge in [0.05, 0.1) is 0 Å². The molecule has 0 spiro atoms. The average molecular weight is 218 g/mol. The van der Waals surface area contributed by atoms with Crippen LogP contribution in [0.5, 0.6) is 0 Å². The zero-order valence-corrected chi connectivity index (χ0v) is 9.52. The standard InChI is InChI=1S/C14H18O2/c15-11-3-1-7-5-9-10(13(7)11)6-8-2-4-12(16)14(8)9/h7-10,13-14H,1-6H2. The molecule has 4 rings (SSSR count). The topological polar surface area (TPSA) is 34.1 Å². The number of fused-ring (bicyclic) bond motifs is 5. The Bertz CT molecular complexity index is 337. The van der Waals surface area contributed by atoms with Crippen LogP contribution in [0, 0.1) is 35.5 Å². The van der Waals surface area contributed by atoms with Crippen molar-refractivity contribution in [2.45, 2.75) is 38.5 Å². The molecule has 6 unspecified atom stereocenters. The summed E-state index contributed by atoms with van der Waals surface area (Å²) in [7, 11) is 0. The highest BCUT2D eigenvalue weighted by Gasteiger charge is 2.59. The Balaban J connectivity index is 1.68. The molecule has 0 saturated heterocycles. The van der Waals surface area contributed by atoms with Crippen LogP contribution in [-0.4, -0.2) is 11.6 Å². The second-order valence-electron chi connectivity index (χ2n) is 6.38. The fourth-order valence-electron chi connectivity index (χ4n) is 5.45. The monoisotopic (exact) mass is 218 g/mol. The molecule has 6 atom stereocenters. The normalized spacial score (nSPS) is 54.2. The molecular formula is C14H18O2. The third-order valence-electron chi connectivity index (χ3n) is 5.90. The quantitative estimate of drug-likeness (QED) is 0.624. The highest BCUT2D eigenvalue weighted by atomic mass is 16.1. The minimum absolute atomic E-state index is 0.364. The van der Waals surface area contributed by atoms with Crippen LogP contribution in [0.3, 0.4) is 0 Å². The molecule has 0 aromatic carbocycles. The second kappa shape index (κ2) is 2.96. The highest BCUT2D eigenvalue weighted by Crippen LogP contribution is 2.61. The Hall–Kier alpha value is -0.660. The SMILES string of the molecule is O=C1CCC2CC3C(CC4CCC(=O)C43)C12. The number of carbonyl (C=O) groups excluding carboxylic acids is 2. The molecule has 4 aliphatic rings. The van der Waals surface area contributed by atoms with E-state index in [4.69, 9.17) is 0 Å². The van der Waals surface area contributed by atoms with E-state index in [-0.39, 0.29) is 0 Å². The minimum Gasteiger partial charge on any atom is -0.299 e. The lowest BCUT2D eigenvalue weighted by Crippen LogP contribution is -2.21. The Morgan fingerprint density at radius 1 is 0.750 bits per heavy atom. The highest BCUT2D eigenvalue weighted by molar-refractivity contribution is 5.87. The summed E-state index contributed by atoms with van der Waals surface area (Å²) < 4.78 is 0. The van der Waals surface area contributed by atoms with Crippen LogP contribution in [0.1, 0.15) is 38.5 Å². The average Bonchev–Trinajstić information content (AvgIpc) is 2.90. The van der Waals surface area contributed by atoms with Crippen molar-refractivity contribution in [1.29, 1.82) is 0 Å². The van der Waals surface area contributed by atoms with Gasteiger partial charge in [-0.3, -0.25) is 9.59 Å². The van der Waals surface area contributed by atoms with Crippen LogP contribution in [-0.2, 0) is 9.59 Å². The zero-order chi connectivity index (χ0) is 10.9. The van der Waals surface area contributed by atoms with Crippen LogP contribution in [0.4, 0.5) is 0 Å². The number of rotatable bonds is 0. The van der Waals surface area contributed by atoms with Gasteiger partial charge in [0.25, 0.3) is 0 Å². The Labute approximate surface area is 95.8 Å². The van der Waals surface area contributed by atoms with E-state index in [2.05, 4.69) is 0 Å². The van der Waals surface area contributed by atoms with Crippen molar-refractivity contribution in [3.05, 3.63) is 0 Å². The van der Waals surface area contributed by atoms with E-state index < -0.39 is 0 Å². The van der Waals surface area contributed by atoms with Crippen molar-refractivity contribution >= 4 is 11.6 Å². The van der Waals surface area contributed by atoms with Crippen LogP contribution in [0.15, 0.2) is 0 Å². The molecule has 16 heavy (non-hydrogen) atoms. The van der Waals surface area contributed by atoms with Gasteiger partial charge in [-0.25, -0.2) is 0 Å². The molecule has 4 saturated carbocycles. The maximum atomic E-state index is 11.9. The van der Waals surface area contributed by atoms with Gasteiger partial charge in [0.2, 0.25) is 0 Å². The molecule has 86 valence electrons. The molecule has 4 aliphatic carbocycles. The second-order valence-corrected chi connectivity index (χ2v) is 6.38. The van der Waals surface area contributed by atoms with E-state index in [0.717, 1.165) is 25.7 Å². The molecule has 0 N–H and O–H groups in total. The van der Waals surface area contributed by atoms with Crippen molar-refractivity contribution in [3.63, 3.8) is 0 Å². The van der Waals surface area contributed by atoms with Crippen LogP contribution >= 0.6 is 0 Å². The summed E-state index contributed by atoms with van der Waals surface area (Å²) in [5, 5.41) is 0. The molecule has 0 radical (unpaired) electrons. The molecular weight excluding hydrogens is 200 g/mol. The summed E-state index contributed by atoms with van der Waals surface area (Å²) >= 11 is 0. The van der Waals surface area contributed by atoms with Crippen molar-refractivity contribution < 1.29 is 9.59 Å². The molecule has 2 heteroatoms. The van der Waals surface area contributed by atoms with Crippen LogP contribution in [0.2, 0.25) is 0 Å². The number of hydrogen-bond donors (Lipinski definition) is 0. The first-order valence-electron chi connectivity index (χ1n) is 6.81. The zero-order valence-electron chi connectivity index (χ0n) is 9.52. The van der Waals surface area contributed by atoms with Gasteiger partial charge < -0.3 is 0 Å². The van der Waals surface area contributed by atoms with Gasteiger partial charge in [0.1, 0.15) is 11.6 Å². The lowest BCUT2D eigenvalue weighted by molar-refractivity contribution is -0.124. The van der Waals surface area contributed by atoms with E-state index in [1.54, 1.807) is 0 Å². The number of hydrogen-bond acceptors (Lipinski definition) is 2. The van der Waals surface area contributed by atoms with Gasteiger partial charge in [-0.1, -0.05) is 0 Å².